The third-order valence-electron chi connectivity index (χ3n) is 5.15. The minimum Gasteiger partial charge on any atom is -0.326 e. The summed E-state index contributed by atoms with van der Waals surface area (Å²) in [5, 5.41) is 6.39. The van der Waals surface area contributed by atoms with Crippen LogP contribution in [0.15, 0.2) is 60.7 Å². The van der Waals surface area contributed by atoms with Crippen LogP contribution < -0.4 is 10.6 Å². The van der Waals surface area contributed by atoms with Gasteiger partial charge < -0.3 is 10.6 Å². The van der Waals surface area contributed by atoms with Crippen molar-refractivity contribution >= 4 is 81.2 Å². The molecule has 0 radical (unpaired) electrons. The molecule has 0 aromatic heterocycles. The highest BCUT2D eigenvalue weighted by Crippen LogP contribution is 2.65. The fourth-order valence-corrected chi connectivity index (χ4v) is 5.10. The molecular formula is C23H14Cl5FN2O2. The van der Waals surface area contributed by atoms with Gasteiger partial charge in [-0.1, -0.05) is 40.9 Å². The molecule has 170 valence electrons. The van der Waals surface area contributed by atoms with Gasteiger partial charge in [-0.05, 0) is 60.2 Å². The SMILES string of the molecule is O=C(Nc1cc(NC(=O)[C@H]2[C@H](c3cc(Cl)cc(Cl)c3)C2(Cl)Cl)ccc1Cl)c1cccc(F)c1. The molecule has 1 fully saturated rings. The highest BCUT2D eigenvalue weighted by molar-refractivity contribution is 6.53. The van der Waals surface area contributed by atoms with E-state index in [0.29, 0.717) is 21.3 Å². The Hall–Kier alpha value is -2.02. The van der Waals surface area contributed by atoms with Crippen molar-refractivity contribution in [2.75, 3.05) is 10.6 Å². The number of hydrogen-bond acceptors (Lipinski definition) is 2. The lowest BCUT2D eigenvalue weighted by atomic mass is 10.1. The van der Waals surface area contributed by atoms with E-state index >= 15 is 0 Å². The van der Waals surface area contributed by atoms with E-state index in [1.807, 2.05) is 0 Å². The van der Waals surface area contributed by atoms with Gasteiger partial charge >= 0.3 is 0 Å². The number of carbonyl (C=O) groups excluding carboxylic acids is 2. The van der Waals surface area contributed by atoms with Crippen LogP contribution in [-0.2, 0) is 4.79 Å². The first kappa shape index (κ1) is 24.1. The van der Waals surface area contributed by atoms with Gasteiger partial charge in [0.15, 0.2) is 0 Å². The quantitative estimate of drug-likeness (QED) is 0.325. The number of amides is 2. The zero-order chi connectivity index (χ0) is 23.9. The van der Waals surface area contributed by atoms with Crippen LogP contribution in [0.2, 0.25) is 15.1 Å². The Morgan fingerprint density at radius 3 is 2.24 bits per heavy atom. The molecule has 3 aromatic rings. The summed E-state index contributed by atoms with van der Waals surface area (Å²) in [7, 11) is 0. The second-order valence-corrected chi connectivity index (χ2v) is 10.2. The van der Waals surface area contributed by atoms with Gasteiger partial charge in [0.2, 0.25) is 5.91 Å². The van der Waals surface area contributed by atoms with Crippen LogP contribution in [0.4, 0.5) is 15.8 Å². The number of nitrogens with one attached hydrogen (secondary N) is 2. The monoisotopic (exact) mass is 544 g/mol. The number of alkyl halides is 2. The van der Waals surface area contributed by atoms with E-state index in [9.17, 15) is 14.0 Å². The van der Waals surface area contributed by atoms with Crippen LogP contribution in [0.1, 0.15) is 21.8 Å². The van der Waals surface area contributed by atoms with E-state index in [4.69, 9.17) is 58.0 Å². The minimum atomic E-state index is -1.33. The molecule has 2 amide bonds. The normalized spacial score (nSPS) is 18.5. The summed E-state index contributed by atoms with van der Waals surface area (Å²) in [5.41, 5.74) is 1.37. The van der Waals surface area contributed by atoms with Gasteiger partial charge in [-0.2, -0.15) is 0 Å². The van der Waals surface area contributed by atoms with Crippen molar-refractivity contribution in [2.45, 2.75) is 10.3 Å². The Morgan fingerprint density at radius 1 is 0.879 bits per heavy atom. The summed E-state index contributed by atoms with van der Waals surface area (Å²) in [6.45, 7) is 0. The first-order chi connectivity index (χ1) is 15.6. The molecule has 1 saturated carbocycles. The van der Waals surface area contributed by atoms with E-state index < -0.39 is 33.8 Å². The minimum absolute atomic E-state index is 0.121. The van der Waals surface area contributed by atoms with E-state index in [1.54, 1.807) is 24.3 Å². The lowest BCUT2D eigenvalue weighted by molar-refractivity contribution is -0.117. The second-order valence-electron chi connectivity index (χ2n) is 7.48. The molecule has 4 rings (SSSR count). The molecule has 0 saturated heterocycles. The smallest absolute Gasteiger partial charge is 0.255 e. The molecule has 0 aliphatic heterocycles. The number of halogens is 6. The highest BCUT2D eigenvalue weighted by Gasteiger charge is 2.67. The summed E-state index contributed by atoms with van der Waals surface area (Å²) >= 11 is 31.1. The van der Waals surface area contributed by atoms with Crippen molar-refractivity contribution < 1.29 is 14.0 Å². The van der Waals surface area contributed by atoms with Gasteiger partial charge in [-0.3, -0.25) is 9.59 Å². The summed E-state index contributed by atoms with van der Waals surface area (Å²) in [4.78, 5) is 25.3. The number of rotatable bonds is 5. The van der Waals surface area contributed by atoms with Crippen molar-refractivity contribution in [1.29, 1.82) is 0 Å². The summed E-state index contributed by atoms with van der Waals surface area (Å²) in [6, 6.07) is 14.7. The highest BCUT2D eigenvalue weighted by atomic mass is 35.5. The summed E-state index contributed by atoms with van der Waals surface area (Å²) in [6.07, 6.45) is 0. The maximum Gasteiger partial charge on any atom is 0.255 e. The van der Waals surface area contributed by atoms with E-state index in [0.717, 1.165) is 6.07 Å². The second kappa shape index (κ2) is 9.32. The summed E-state index contributed by atoms with van der Waals surface area (Å²) < 4.78 is 12.1. The maximum atomic E-state index is 13.4. The molecule has 4 nitrogen and oxygen atoms in total. The molecular weight excluding hydrogens is 533 g/mol. The fourth-order valence-electron chi connectivity index (χ4n) is 3.57. The van der Waals surface area contributed by atoms with Gasteiger partial charge in [0.1, 0.15) is 10.2 Å². The molecule has 3 aromatic carbocycles. The van der Waals surface area contributed by atoms with Gasteiger partial charge in [0, 0.05) is 27.2 Å². The standard InChI is InChI=1S/C23H14Cl5FN2O2/c24-13-6-12(7-14(25)9-13)19-20(23(19,27)28)22(33)30-16-4-5-17(26)18(10-16)31-21(32)11-2-1-3-15(29)8-11/h1-10,19-20H,(H,30,33)(H,31,32)/t19-,20+/m0/s1. The molecule has 33 heavy (non-hydrogen) atoms. The van der Waals surface area contributed by atoms with Gasteiger partial charge in [0.05, 0.1) is 16.6 Å². The Balaban J connectivity index is 1.50. The number of carbonyl (C=O) groups is 2. The molecule has 0 bridgehead atoms. The zero-order valence-corrected chi connectivity index (χ0v) is 20.3. The predicted molar refractivity (Wildman–Crippen MR) is 132 cm³/mol. The molecule has 10 heteroatoms. The van der Waals surface area contributed by atoms with Crippen LogP contribution in [-0.4, -0.2) is 16.1 Å². The van der Waals surface area contributed by atoms with Crippen LogP contribution in [0.25, 0.3) is 0 Å². The Kier molecular flexibility index (Phi) is 6.81. The van der Waals surface area contributed by atoms with Crippen molar-refractivity contribution in [1.82, 2.24) is 0 Å². The fraction of sp³-hybridized carbons (Fsp3) is 0.130. The predicted octanol–water partition coefficient (Wildman–Crippen LogP) is 7.56. The first-order valence-electron chi connectivity index (χ1n) is 9.57. The molecule has 2 N–H and O–H groups in total. The van der Waals surface area contributed by atoms with Crippen molar-refractivity contribution in [2.24, 2.45) is 5.92 Å². The molecule has 0 spiro atoms. The molecule has 0 unspecified atom stereocenters. The molecule has 1 aliphatic carbocycles. The lowest BCUT2D eigenvalue weighted by Crippen LogP contribution is -2.17. The number of hydrogen-bond donors (Lipinski definition) is 2. The largest absolute Gasteiger partial charge is 0.326 e. The first-order valence-corrected chi connectivity index (χ1v) is 11.5. The number of anilines is 2. The lowest BCUT2D eigenvalue weighted by Gasteiger charge is -2.11. The third-order valence-corrected chi connectivity index (χ3v) is 6.86. The average Bonchev–Trinajstić information content (AvgIpc) is 3.32. The Bertz CT molecular complexity index is 1250. The van der Waals surface area contributed by atoms with Crippen molar-refractivity contribution in [3.05, 3.63) is 92.7 Å². The van der Waals surface area contributed by atoms with E-state index in [-0.39, 0.29) is 16.3 Å². The van der Waals surface area contributed by atoms with E-state index in [2.05, 4.69) is 10.6 Å². The topological polar surface area (TPSA) is 58.2 Å². The molecule has 1 aliphatic rings. The third kappa shape index (κ3) is 5.23. The average molecular weight is 547 g/mol. The summed E-state index contributed by atoms with van der Waals surface area (Å²) in [5.74, 6) is -2.78. The molecule has 0 heterocycles. The van der Waals surface area contributed by atoms with Crippen LogP contribution in [0.5, 0.6) is 0 Å². The van der Waals surface area contributed by atoms with Crippen LogP contribution >= 0.6 is 58.0 Å². The van der Waals surface area contributed by atoms with Crippen LogP contribution in [0, 0.1) is 11.7 Å². The van der Waals surface area contributed by atoms with Gasteiger partial charge in [0.25, 0.3) is 5.91 Å². The van der Waals surface area contributed by atoms with Gasteiger partial charge in [-0.25, -0.2) is 4.39 Å². The maximum absolute atomic E-state index is 13.4. The Morgan fingerprint density at radius 2 is 1.58 bits per heavy atom. The number of benzene rings is 3. The van der Waals surface area contributed by atoms with E-state index in [1.165, 1.54) is 30.3 Å². The molecule has 2 atom stereocenters. The van der Waals surface area contributed by atoms with Crippen molar-refractivity contribution in [3.8, 4) is 0 Å². The van der Waals surface area contributed by atoms with Crippen LogP contribution in [0.3, 0.4) is 0 Å². The van der Waals surface area contributed by atoms with Gasteiger partial charge in [-0.15, -0.1) is 23.2 Å². The van der Waals surface area contributed by atoms with Crippen molar-refractivity contribution in [3.63, 3.8) is 0 Å². The zero-order valence-electron chi connectivity index (χ0n) is 16.5. The Labute approximate surface area is 213 Å².